The molecule has 2 aromatic rings. The molecule has 2 rings (SSSR count). The Bertz CT molecular complexity index is 654. The van der Waals surface area contributed by atoms with Gasteiger partial charge in [0.15, 0.2) is 0 Å². The van der Waals surface area contributed by atoms with Crippen LogP contribution in [0.2, 0.25) is 0 Å². The highest BCUT2D eigenvalue weighted by Gasteiger charge is 2.16. The fourth-order valence-corrected chi connectivity index (χ4v) is 2.25. The highest BCUT2D eigenvalue weighted by molar-refractivity contribution is 5.79. The molecular weight excluding hydrogens is 284 g/mol. The van der Waals surface area contributed by atoms with E-state index in [9.17, 15) is 4.79 Å². The zero-order valence-electron chi connectivity index (χ0n) is 13.2. The molecule has 1 N–H and O–H groups in total. The van der Waals surface area contributed by atoms with Crippen LogP contribution >= 0.6 is 0 Å². The molecular formula is C15H20N4O3. The summed E-state index contributed by atoms with van der Waals surface area (Å²) in [5, 5.41) is 6.90. The smallest absolute Gasteiger partial charge is 0.225 e. The molecule has 7 nitrogen and oxygen atoms in total. The molecule has 1 unspecified atom stereocenters. The van der Waals surface area contributed by atoms with E-state index in [-0.39, 0.29) is 18.4 Å². The van der Waals surface area contributed by atoms with Gasteiger partial charge in [0.2, 0.25) is 5.91 Å². The van der Waals surface area contributed by atoms with E-state index >= 15 is 0 Å². The van der Waals surface area contributed by atoms with Crippen molar-refractivity contribution in [2.45, 2.75) is 19.4 Å². The Kier molecular flexibility index (Phi) is 4.98. The first-order valence-corrected chi connectivity index (χ1v) is 6.89. The second kappa shape index (κ2) is 6.93. The molecule has 1 amide bonds. The number of carbonyl (C=O) groups excluding carboxylic acids is 1. The number of carbonyl (C=O) groups is 1. The molecule has 0 radical (unpaired) electrons. The largest absolute Gasteiger partial charge is 0.497 e. The maximum absolute atomic E-state index is 12.2. The number of nitrogens with one attached hydrogen (secondary N) is 1. The van der Waals surface area contributed by atoms with Crippen molar-refractivity contribution >= 4 is 5.91 Å². The van der Waals surface area contributed by atoms with E-state index in [4.69, 9.17) is 9.47 Å². The van der Waals surface area contributed by atoms with Gasteiger partial charge in [-0.05, 0) is 25.1 Å². The lowest BCUT2D eigenvalue weighted by atomic mass is 10.1. The van der Waals surface area contributed by atoms with E-state index in [0.717, 1.165) is 5.56 Å². The quantitative estimate of drug-likeness (QED) is 0.869. The molecule has 1 atom stereocenters. The number of hydrogen-bond acceptors (Lipinski definition) is 5. The molecule has 118 valence electrons. The molecule has 0 saturated heterocycles. The van der Waals surface area contributed by atoms with Gasteiger partial charge in [-0.25, -0.2) is 4.98 Å². The van der Waals surface area contributed by atoms with E-state index in [2.05, 4.69) is 15.4 Å². The maximum Gasteiger partial charge on any atom is 0.225 e. The number of hydrogen-bond donors (Lipinski definition) is 1. The lowest BCUT2D eigenvalue weighted by Crippen LogP contribution is -2.29. The van der Waals surface area contributed by atoms with E-state index in [1.165, 1.54) is 6.33 Å². The summed E-state index contributed by atoms with van der Waals surface area (Å²) in [4.78, 5) is 16.4. The lowest BCUT2D eigenvalue weighted by Gasteiger charge is -2.14. The van der Waals surface area contributed by atoms with Gasteiger partial charge in [0.25, 0.3) is 0 Å². The number of nitrogens with zero attached hydrogens (tertiary/aromatic N) is 3. The Hall–Kier alpha value is -2.57. The summed E-state index contributed by atoms with van der Waals surface area (Å²) in [6.45, 7) is 1.87. The Labute approximate surface area is 129 Å². The summed E-state index contributed by atoms with van der Waals surface area (Å²) in [5.74, 6) is 1.92. The van der Waals surface area contributed by atoms with Gasteiger partial charge in [0.1, 0.15) is 23.7 Å². The molecule has 0 aliphatic carbocycles. The van der Waals surface area contributed by atoms with Crippen LogP contribution in [0.3, 0.4) is 0 Å². The van der Waals surface area contributed by atoms with Crippen molar-refractivity contribution in [1.29, 1.82) is 0 Å². The number of methoxy groups -OCH3 is 2. The molecule has 0 spiro atoms. The predicted molar refractivity (Wildman–Crippen MR) is 80.8 cm³/mol. The zero-order chi connectivity index (χ0) is 16.1. The average molecular weight is 304 g/mol. The normalized spacial score (nSPS) is 11.8. The van der Waals surface area contributed by atoms with Crippen molar-refractivity contribution in [1.82, 2.24) is 20.1 Å². The summed E-state index contributed by atoms with van der Waals surface area (Å²) in [6, 6.07) is 5.15. The summed E-state index contributed by atoms with van der Waals surface area (Å²) in [6.07, 6.45) is 1.66. The lowest BCUT2D eigenvalue weighted by molar-refractivity contribution is -0.121. The minimum absolute atomic E-state index is 0.123. The van der Waals surface area contributed by atoms with Crippen LogP contribution in [-0.4, -0.2) is 34.9 Å². The highest BCUT2D eigenvalue weighted by atomic mass is 16.5. The zero-order valence-corrected chi connectivity index (χ0v) is 13.2. The standard InChI is InChI=1S/C15H20N4O3/c1-10(15-16-9-17-19(15)2)18-14(20)8-11-7-12(21-3)5-6-13(11)22-4/h5-7,9-10H,8H2,1-4H3,(H,18,20). The molecule has 1 heterocycles. The molecule has 7 heteroatoms. The van der Waals surface area contributed by atoms with Crippen molar-refractivity contribution < 1.29 is 14.3 Å². The molecule has 1 aromatic carbocycles. The minimum Gasteiger partial charge on any atom is -0.497 e. The summed E-state index contributed by atoms with van der Waals surface area (Å²) < 4.78 is 12.1. The van der Waals surface area contributed by atoms with Crippen molar-refractivity contribution in [2.24, 2.45) is 7.05 Å². The molecule has 0 aliphatic heterocycles. The van der Waals surface area contributed by atoms with Crippen molar-refractivity contribution in [3.63, 3.8) is 0 Å². The van der Waals surface area contributed by atoms with Crippen molar-refractivity contribution in [3.8, 4) is 11.5 Å². The van der Waals surface area contributed by atoms with Gasteiger partial charge in [-0.2, -0.15) is 5.10 Å². The van der Waals surface area contributed by atoms with Gasteiger partial charge in [0.05, 0.1) is 26.7 Å². The number of aryl methyl sites for hydroxylation is 1. The second-order valence-electron chi connectivity index (χ2n) is 4.89. The molecule has 0 fully saturated rings. The first-order valence-electron chi connectivity index (χ1n) is 6.89. The van der Waals surface area contributed by atoms with Crippen LogP contribution in [0.4, 0.5) is 0 Å². The first kappa shape index (κ1) is 15.8. The Balaban J connectivity index is 2.07. The van der Waals surface area contributed by atoms with Gasteiger partial charge in [-0.1, -0.05) is 0 Å². The monoisotopic (exact) mass is 304 g/mol. The second-order valence-corrected chi connectivity index (χ2v) is 4.89. The summed E-state index contributed by atoms with van der Waals surface area (Å²) in [7, 11) is 4.95. The van der Waals surface area contributed by atoms with Gasteiger partial charge in [-0.15, -0.1) is 0 Å². The third-order valence-corrected chi connectivity index (χ3v) is 3.35. The first-order chi connectivity index (χ1) is 10.5. The van der Waals surface area contributed by atoms with Gasteiger partial charge in [-0.3, -0.25) is 9.48 Å². The van der Waals surface area contributed by atoms with Crippen LogP contribution in [0.25, 0.3) is 0 Å². The van der Waals surface area contributed by atoms with E-state index in [1.807, 2.05) is 6.92 Å². The maximum atomic E-state index is 12.2. The highest BCUT2D eigenvalue weighted by Crippen LogP contribution is 2.24. The fourth-order valence-electron chi connectivity index (χ4n) is 2.25. The van der Waals surface area contributed by atoms with E-state index in [0.29, 0.717) is 17.3 Å². The average Bonchev–Trinajstić information content (AvgIpc) is 2.93. The number of rotatable bonds is 6. The van der Waals surface area contributed by atoms with Gasteiger partial charge in [0, 0.05) is 12.6 Å². The number of ether oxygens (including phenoxy) is 2. The SMILES string of the molecule is COc1ccc(OC)c(CC(=O)NC(C)c2ncnn2C)c1. The van der Waals surface area contributed by atoms with Crippen LogP contribution in [-0.2, 0) is 18.3 Å². The minimum atomic E-state index is -0.225. The van der Waals surface area contributed by atoms with E-state index in [1.54, 1.807) is 44.1 Å². The topological polar surface area (TPSA) is 78.3 Å². The Morgan fingerprint density at radius 2 is 2.14 bits per heavy atom. The van der Waals surface area contributed by atoms with Crippen molar-refractivity contribution in [2.75, 3.05) is 14.2 Å². The molecule has 0 saturated carbocycles. The Morgan fingerprint density at radius 1 is 1.36 bits per heavy atom. The number of aromatic nitrogens is 3. The molecule has 0 aliphatic rings. The van der Waals surface area contributed by atoms with Crippen LogP contribution in [0.15, 0.2) is 24.5 Å². The Morgan fingerprint density at radius 3 is 2.73 bits per heavy atom. The number of amides is 1. The van der Waals surface area contributed by atoms with Crippen molar-refractivity contribution in [3.05, 3.63) is 35.9 Å². The van der Waals surface area contributed by atoms with Crippen LogP contribution in [0.5, 0.6) is 11.5 Å². The fraction of sp³-hybridized carbons (Fsp3) is 0.400. The molecule has 0 bridgehead atoms. The predicted octanol–water partition coefficient (Wildman–Crippen LogP) is 1.25. The van der Waals surface area contributed by atoms with Crippen LogP contribution in [0.1, 0.15) is 24.4 Å². The third kappa shape index (κ3) is 3.55. The van der Waals surface area contributed by atoms with Gasteiger partial charge >= 0.3 is 0 Å². The summed E-state index contributed by atoms with van der Waals surface area (Å²) >= 11 is 0. The summed E-state index contributed by atoms with van der Waals surface area (Å²) in [5.41, 5.74) is 0.768. The molecule has 22 heavy (non-hydrogen) atoms. The third-order valence-electron chi connectivity index (χ3n) is 3.35. The van der Waals surface area contributed by atoms with Crippen LogP contribution in [0, 0.1) is 0 Å². The number of benzene rings is 1. The van der Waals surface area contributed by atoms with Crippen LogP contribution < -0.4 is 14.8 Å². The molecule has 1 aromatic heterocycles. The van der Waals surface area contributed by atoms with Gasteiger partial charge < -0.3 is 14.8 Å². The van der Waals surface area contributed by atoms with E-state index < -0.39 is 0 Å².